The quantitative estimate of drug-likeness (QED) is 0.426. The molecule has 0 amide bonds. The Morgan fingerprint density at radius 1 is 0.952 bits per heavy atom. The largest absolute Gasteiger partial charge is 0.394 e. The third kappa shape index (κ3) is 7.89. The highest BCUT2D eigenvalue weighted by molar-refractivity contribution is 5.99. The SMILES string of the molecule is O=C(c1ccccc1)C(O)COCCOCCOCCO. The van der Waals surface area contributed by atoms with Crippen molar-refractivity contribution < 1.29 is 29.2 Å². The molecule has 0 saturated heterocycles. The van der Waals surface area contributed by atoms with Crippen molar-refractivity contribution in [2.45, 2.75) is 6.10 Å². The van der Waals surface area contributed by atoms with Crippen LogP contribution in [0.25, 0.3) is 0 Å². The van der Waals surface area contributed by atoms with Gasteiger partial charge in [-0.05, 0) is 0 Å². The second kappa shape index (κ2) is 11.4. The first-order valence-corrected chi connectivity index (χ1v) is 6.87. The molecular formula is C15H22O6. The number of hydrogen-bond acceptors (Lipinski definition) is 6. The van der Waals surface area contributed by atoms with Gasteiger partial charge in [0.1, 0.15) is 6.10 Å². The minimum atomic E-state index is -1.17. The first-order valence-electron chi connectivity index (χ1n) is 6.87. The lowest BCUT2D eigenvalue weighted by molar-refractivity contribution is -0.00917. The number of aliphatic hydroxyl groups excluding tert-OH is 2. The van der Waals surface area contributed by atoms with E-state index in [1.807, 2.05) is 0 Å². The number of ketones is 1. The number of rotatable bonds is 12. The minimum absolute atomic E-state index is 0.00353. The summed E-state index contributed by atoms with van der Waals surface area (Å²) in [6, 6.07) is 8.60. The Labute approximate surface area is 124 Å². The fraction of sp³-hybridized carbons (Fsp3) is 0.533. The normalized spacial score (nSPS) is 12.3. The summed E-state index contributed by atoms with van der Waals surface area (Å²) in [5, 5.41) is 18.2. The lowest BCUT2D eigenvalue weighted by Crippen LogP contribution is -2.27. The highest BCUT2D eigenvalue weighted by atomic mass is 16.5. The van der Waals surface area contributed by atoms with E-state index < -0.39 is 6.10 Å². The van der Waals surface area contributed by atoms with E-state index in [2.05, 4.69) is 0 Å². The highest BCUT2D eigenvalue weighted by Crippen LogP contribution is 2.03. The molecule has 0 aliphatic rings. The van der Waals surface area contributed by atoms with E-state index in [-0.39, 0.29) is 19.0 Å². The summed E-state index contributed by atoms with van der Waals surface area (Å²) in [6.07, 6.45) is -1.17. The van der Waals surface area contributed by atoms with Gasteiger partial charge in [0.2, 0.25) is 0 Å². The number of aliphatic hydroxyl groups is 2. The van der Waals surface area contributed by atoms with Gasteiger partial charge in [-0.1, -0.05) is 30.3 Å². The van der Waals surface area contributed by atoms with Gasteiger partial charge in [-0.3, -0.25) is 4.79 Å². The van der Waals surface area contributed by atoms with Crippen molar-refractivity contribution in [2.24, 2.45) is 0 Å². The van der Waals surface area contributed by atoms with Crippen LogP contribution in [0.2, 0.25) is 0 Å². The average Bonchev–Trinajstić information content (AvgIpc) is 2.53. The van der Waals surface area contributed by atoms with Crippen LogP contribution in [0.4, 0.5) is 0 Å². The van der Waals surface area contributed by atoms with Gasteiger partial charge in [-0.15, -0.1) is 0 Å². The summed E-state index contributed by atoms with van der Waals surface area (Å²) < 4.78 is 15.4. The summed E-state index contributed by atoms with van der Waals surface area (Å²) in [5.74, 6) is -0.353. The van der Waals surface area contributed by atoms with Crippen molar-refractivity contribution in [3.05, 3.63) is 35.9 Å². The highest BCUT2D eigenvalue weighted by Gasteiger charge is 2.16. The van der Waals surface area contributed by atoms with E-state index in [0.29, 0.717) is 38.6 Å². The fourth-order valence-electron chi connectivity index (χ4n) is 1.57. The Morgan fingerprint density at radius 3 is 2.14 bits per heavy atom. The molecule has 6 heteroatoms. The zero-order valence-electron chi connectivity index (χ0n) is 11.9. The first-order chi connectivity index (χ1) is 10.3. The molecule has 0 radical (unpaired) electrons. The second-order valence-electron chi connectivity index (χ2n) is 4.27. The van der Waals surface area contributed by atoms with E-state index in [0.717, 1.165) is 0 Å². The summed E-state index contributed by atoms with van der Waals surface area (Å²) in [4.78, 5) is 11.8. The van der Waals surface area contributed by atoms with Gasteiger partial charge in [-0.2, -0.15) is 0 Å². The number of Topliss-reactive ketones (excluding diaryl/α,β-unsaturated/α-hetero) is 1. The molecule has 0 aliphatic heterocycles. The molecule has 1 aromatic rings. The van der Waals surface area contributed by atoms with Crippen LogP contribution in [0.5, 0.6) is 0 Å². The van der Waals surface area contributed by atoms with Gasteiger partial charge >= 0.3 is 0 Å². The summed E-state index contributed by atoms with van der Waals surface area (Å²) >= 11 is 0. The van der Waals surface area contributed by atoms with Gasteiger partial charge in [0.15, 0.2) is 5.78 Å². The first kappa shape index (κ1) is 17.7. The van der Waals surface area contributed by atoms with Gasteiger partial charge < -0.3 is 24.4 Å². The maximum atomic E-state index is 11.8. The van der Waals surface area contributed by atoms with Crippen molar-refractivity contribution in [1.82, 2.24) is 0 Å². The van der Waals surface area contributed by atoms with E-state index >= 15 is 0 Å². The standard InChI is InChI=1S/C15H22O6/c16-6-7-19-8-9-20-10-11-21-12-14(17)15(18)13-4-2-1-3-5-13/h1-5,14,16-17H,6-12H2. The lowest BCUT2D eigenvalue weighted by atomic mass is 10.1. The molecule has 6 nitrogen and oxygen atoms in total. The summed E-state index contributed by atoms with van der Waals surface area (Å²) in [6.45, 7) is 1.71. The third-order valence-corrected chi connectivity index (χ3v) is 2.62. The predicted molar refractivity (Wildman–Crippen MR) is 76.3 cm³/mol. The molecule has 1 unspecified atom stereocenters. The monoisotopic (exact) mass is 298 g/mol. The van der Waals surface area contributed by atoms with Crippen LogP contribution in [-0.4, -0.2) is 68.3 Å². The minimum Gasteiger partial charge on any atom is -0.394 e. The van der Waals surface area contributed by atoms with E-state index in [1.165, 1.54) is 0 Å². The smallest absolute Gasteiger partial charge is 0.193 e. The third-order valence-electron chi connectivity index (χ3n) is 2.62. The lowest BCUT2D eigenvalue weighted by Gasteiger charge is -2.10. The van der Waals surface area contributed by atoms with E-state index in [1.54, 1.807) is 30.3 Å². The molecule has 0 bridgehead atoms. The van der Waals surface area contributed by atoms with Crippen LogP contribution in [-0.2, 0) is 14.2 Å². The maximum absolute atomic E-state index is 11.8. The molecule has 1 aromatic carbocycles. The number of ether oxygens (including phenoxy) is 3. The number of carbonyl (C=O) groups is 1. The van der Waals surface area contributed by atoms with Gasteiger partial charge in [0.05, 0.1) is 46.2 Å². The Kier molecular flexibility index (Phi) is 9.60. The van der Waals surface area contributed by atoms with Gasteiger partial charge in [0, 0.05) is 5.56 Å². The van der Waals surface area contributed by atoms with E-state index in [9.17, 15) is 9.90 Å². The molecule has 0 aromatic heterocycles. The fourth-order valence-corrected chi connectivity index (χ4v) is 1.57. The number of benzene rings is 1. The van der Waals surface area contributed by atoms with Crippen LogP contribution in [0.3, 0.4) is 0 Å². The van der Waals surface area contributed by atoms with Crippen LogP contribution in [0.15, 0.2) is 30.3 Å². The Morgan fingerprint density at radius 2 is 1.52 bits per heavy atom. The van der Waals surface area contributed by atoms with Crippen molar-refractivity contribution in [2.75, 3.05) is 46.2 Å². The molecular weight excluding hydrogens is 276 g/mol. The van der Waals surface area contributed by atoms with Crippen molar-refractivity contribution in [3.63, 3.8) is 0 Å². The van der Waals surface area contributed by atoms with Crippen LogP contribution < -0.4 is 0 Å². The molecule has 2 N–H and O–H groups in total. The van der Waals surface area contributed by atoms with Crippen LogP contribution in [0, 0.1) is 0 Å². The van der Waals surface area contributed by atoms with Crippen LogP contribution >= 0.6 is 0 Å². The van der Waals surface area contributed by atoms with Gasteiger partial charge in [0.25, 0.3) is 0 Å². The topological polar surface area (TPSA) is 85.2 Å². The number of carbonyl (C=O) groups excluding carboxylic acids is 1. The molecule has 0 fully saturated rings. The Balaban J connectivity index is 2.03. The second-order valence-corrected chi connectivity index (χ2v) is 4.27. The zero-order chi connectivity index (χ0) is 15.3. The number of hydrogen-bond donors (Lipinski definition) is 2. The van der Waals surface area contributed by atoms with Gasteiger partial charge in [-0.25, -0.2) is 0 Å². The Bertz CT molecular complexity index is 381. The summed E-state index contributed by atoms with van der Waals surface area (Å²) in [7, 11) is 0. The van der Waals surface area contributed by atoms with Crippen LogP contribution in [0.1, 0.15) is 10.4 Å². The molecule has 0 saturated carbocycles. The summed E-state index contributed by atoms with van der Waals surface area (Å²) in [5.41, 5.74) is 0.464. The molecule has 21 heavy (non-hydrogen) atoms. The Hall–Kier alpha value is -1.31. The molecule has 0 aliphatic carbocycles. The molecule has 118 valence electrons. The average molecular weight is 298 g/mol. The molecule has 1 atom stereocenters. The van der Waals surface area contributed by atoms with Crippen molar-refractivity contribution >= 4 is 5.78 Å². The maximum Gasteiger partial charge on any atom is 0.193 e. The van der Waals surface area contributed by atoms with E-state index in [4.69, 9.17) is 19.3 Å². The van der Waals surface area contributed by atoms with Crippen molar-refractivity contribution in [1.29, 1.82) is 0 Å². The molecule has 0 spiro atoms. The zero-order valence-corrected chi connectivity index (χ0v) is 11.9. The molecule has 1 rings (SSSR count). The molecule has 0 heterocycles. The van der Waals surface area contributed by atoms with Crippen molar-refractivity contribution in [3.8, 4) is 0 Å². The predicted octanol–water partition coefficient (Wildman–Crippen LogP) is 0.272.